The van der Waals surface area contributed by atoms with Crippen LogP contribution in [0.3, 0.4) is 0 Å². The Labute approximate surface area is 317 Å². The molecule has 3 fully saturated rings. The van der Waals surface area contributed by atoms with Gasteiger partial charge >= 0.3 is 0 Å². The van der Waals surface area contributed by atoms with E-state index in [2.05, 4.69) is 114 Å². The highest BCUT2D eigenvalue weighted by Crippen LogP contribution is 2.66. The summed E-state index contributed by atoms with van der Waals surface area (Å²) in [6.07, 6.45) is 23.4. The van der Waals surface area contributed by atoms with E-state index in [9.17, 15) is 0 Å². The van der Waals surface area contributed by atoms with E-state index in [-0.39, 0.29) is 5.41 Å². The highest BCUT2D eigenvalue weighted by molar-refractivity contribution is 5.94. The van der Waals surface area contributed by atoms with E-state index < -0.39 is 0 Å². The smallest absolute Gasteiger partial charge is 0.0348 e. The van der Waals surface area contributed by atoms with Crippen LogP contribution < -0.4 is 20.9 Å². The Morgan fingerprint density at radius 2 is 1.08 bits per heavy atom. The van der Waals surface area contributed by atoms with Crippen molar-refractivity contribution in [2.75, 3.05) is 0 Å². The van der Waals surface area contributed by atoms with E-state index in [1.54, 1.807) is 43.8 Å². The second kappa shape index (κ2) is 11.7. The molecule has 0 saturated heterocycles. The molecule has 0 N–H and O–H groups in total. The van der Waals surface area contributed by atoms with Crippen molar-refractivity contribution < 1.29 is 0 Å². The van der Waals surface area contributed by atoms with Gasteiger partial charge in [0.25, 0.3) is 0 Å². The average molecular weight is 695 g/mol. The second-order valence-corrected chi connectivity index (χ2v) is 19.6. The molecule has 0 amide bonds. The molecule has 0 spiro atoms. The maximum Gasteiger partial charge on any atom is 0.0348 e. The number of fused-ring (bicyclic) bond motifs is 3. The van der Waals surface area contributed by atoms with E-state index in [4.69, 9.17) is 0 Å². The van der Waals surface area contributed by atoms with Gasteiger partial charge in [0.1, 0.15) is 0 Å². The molecule has 11 atom stereocenters. The minimum atomic E-state index is 0.0835. The molecule has 0 heterocycles. The summed E-state index contributed by atoms with van der Waals surface area (Å²) in [5, 5.41) is 12.5. The van der Waals surface area contributed by atoms with Crippen molar-refractivity contribution in [3.8, 4) is 11.8 Å². The summed E-state index contributed by atoms with van der Waals surface area (Å²) in [7, 11) is 0. The normalized spacial score (nSPS) is 35.9. The van der Waals surface area contributed by atoms with Crippen molar-refractivity contribution in [2.45, 2.75) is 129 Å². The van der Waals surface area contributed by atoms with Crippen molar-refractivity contribution in [3.63, 3.8) is 0 Å². The van der Waals surface area contributed by atoms with Crippen LogP contribution in [0, 0.1) is 66.6 Å². The number of hydrogen-bond acceptors (Lipinski definition) is 0. The third kappa shape index (κ3) is 4.62. The summed E-state index contributed by atoms with van der Waals surface area (Å²) in [6, 6.07) is 15.3. The van der Waals surface area contributed by atoms with Crippen molar-refractivity contribution in [2.24, 2.45) is 40.9 Å². The molecule has 0 bridgehead atoms. The van der Waals surface area contributed by atoms with Crippen LogP contribution in [0.25, 0.3) is 45.8 Å². The zero-order valence-corrected chi connectivity index (χ0v) is 33.1. The van der Waals surface area contributed by atoms with Crippen molar-refractivity contribution >= 4 is 45.8 Å². The van der Waals surface area contributed by atoms with Gasteiger partial charge < -0.3 is 0 Å². The van der Waals surface area contributed by atoms with Crippen LogP contribution in [0.4, 0.5) is 0 Å². The first-order valence-corrected chi connectivity index (χ1v) is 21.7. The Morgan fingerprint density at radius 1 is 0.604 bits per heavy atom. The Balaban J connectivity index is 0.970. The zero-order valence-electron chi connectivity index (χ0n) is 33.1. The lowest BCUT2D eigenvalue weighted by atomic mass is 9.63. The minimum absolute atomic E-state index is 0.0835. The summed E-state index contributed by atoms with van der Waals surface area (Å²) in [5.74, 6) is 14.6. The molecule has 0 aliphatic heterocycles. The predicted octanol–water partition coefficient (Wildman–Crippen LogP) is 10.5. The van der Waals surface area contributed by atoms with E-state index in [0.717, 1.165) is 11.8 Å². The molecule has 0 aromatic heterocycles. The number of rotatable bonds is 2. The third-order valence-corrected chi connectivity index (χ3v) is 16.8. The zero-order chi connectivity index (χ0) is 35.9. The van der Waals surface area contributed by atoms with Gasteiger partial charge in [-0.1, -0.05) is 80.5 Å². The Bertz CT molecular complexity index is 2400. The molecule has 7 aliphatic rings. The lowest BCUT2D eigenvalue weighted by molar-refractivity contribution is 0.154. The van der Waals surface area contributed by atoms with Crippen LogP contribution in [0.5, 0.6) is 0 Å². The van der Waals surface area contributed by atoms with Gasteiger partial charge in [-0.2, -0.15) is 0 Å². The molecule has 53 heavy (non-hydrogen) atoms. The van der Waals surface area contributed by atoms with Gasteiger partial charge in [-0.15, -0.1) is 5.92 Å². The molecule has 3 saturated carbocycles. The van der Waals surface area contributed by atoms with Gasteiger partial charge in [-0.05, 0) is 227 Å². The summed E-state index contributed by atoms with van der Waals surface area (Å²) in [4.78, 5) is 0. The number of hydrogen-bond donors (Lipinski definition) is 0. The average Bonchev–Trinajstić information content (AvgIpc) is 3.39. The molecule has 0 heteroatoms. The van der Waals surface area contributed by atoms with E-state index in [1.807, 2.05) is 0 Å². The molecule has 8 unspecified atom stereocenters. The summed E-state index contributed by atoms with van der Waals surface area (Å²) in [5.41, 5.74) is 9.76. The second-order valence-electron chi connectivity index (χ2n) is 19.6. The lowest BCUT2D eigenvalue weighted by Crippen LogP contribution is -2.34. The number of aryl methyl sites for hydroxylation is 2. The lowest BCUT2D eigenvalue weighted by Gasteiger charge is -2.41. The monoisotopic (exact) mass is 694 g/mol. The third-order valence-electron chi connectivity index (χ3n) is 16.8. The molecule has 4 aromatic carbocycles. The van der Waals surface area contributed by atoms with Crippen LogP contribution in [0.15, 0.2) is 36.4 Å². The Kier molecular flexibility index (Phi) is 7.26. The van der Waals surface area contributed by atoms with Crippen LogP contribution in [0.2, 0.25) is 0 Å². The largest absolute Gasteiger partial charge is 0.106 e. The maximum atomic E-state index is 4.03. The van der Waals surface area contributed by atoms with Gasteiger partial charge in [0, 0.05) is 5.41 Å². The van der Waals surface area contributed by atoms with Gasteiger partial charge in [0.15, 0.2) is 0 Å². The standard InChI is InChI=1S/C53H58/c1-7-20-53(6)47-27-33(45-25-31(4)39-14-10-35-21-29(2)23-37-12-18-43(45)51(39)49(35)37)8-16-41(47)42-17-9-34(28-48(42)53)46-26-32(5)40-15-11-36-22-30(3)24-38-13-19-44(46)52(40)50(36)38/h12-15,18-19,23-26,29-30,33-36,41-42,47-48H,8-11,16-17,21-22,27-28H2,1-6H3/t29?,30?,33-,34?,35?,36?,41?,42?,47-,48+,53?/m0/s1. The molecular formula is C53H58. The Morgan fingerprint density at radius 3 is 1.53 bits per heavy atom. The highest BCUT2D eigenvalue weighted by atomic mass is 14.6. The summed E-state index contributed by atoms with van der Waals surface area (Å²) >= 11 is 0. The fourth-order valence-electron chi connectivity index (χ4n) is 14.8. The topological polar surface area (TPSA) is 0 Å². The first-order valence-electron chi connectivity index (χ1n) is 21.7. The first kappa shape index (κ1) is 32.8. The molecule has 4 aromatic rings. The maximum absolute atomic E-state index is 4.03. The van der Waals surface area contributed by atoms with E-state index in [1.165, 1.54) is 96.2 Å². The van der Waals surface area contributed by atoms with Gasteiger partial charge in [0.2, 0.25) is 0 Å². The number of benzene rings is 4. The molecule has 0 radical (unpaired) electrons. The summed E-state index contributed by atoms with van der Waals surface area (Å²) < 4.78 is 0. The van der Waals surface area contributed by atoms with Crippen molar-refractivity contribution in [3.05, 3.63) is 90.7 Å². The Hall–Kier alpha value is -3.56. The SMILES string of the molecule is CC#CC1(C)[C@@H]2CC(c3cc(C)c4c5c6c(ccc35)=CC(C)CC6CC=4)CCC2C2CC[C@H](c3cc(C)c4c5c6c(ccc35)=CC(C)CC6CC=4)C[C@@H]21. The quantitative estimate of drug-likeness (QED) is 0.183. The molecular weight excluding hydrogens is 637 g/mol. The molecule has 270 valence electrons. The van der Waals surface area contributed by atoms with E-state index in [0.29, 0.717) is 47.3 Å². The fourth-order valence-corrected chi connectivity index (χ4v) is 14.8. The van der Waals surface area contributed by atoms with Gasteiger partial charge in [0.05, 0.1) is 0 Å². The van der Waals surface area contributed by atoms with E-state index >= 15 is 0 Å². The van der Waals surface area contributed by atoms with Crippen molar-refractivity contribution in [1.82, 2.24) is 0 Å². The van der Waals surface area contributed by atoms with Crippen LogP contribution in [0.1, 0.15) is 149 Å². The highest BCUT2D eigenvalue weighted by Gasteiger charge is 2.59. The van der Waals surface area contributed by atoms with Gasteiger partial charge in [-0.3, -0.25) is 0 Å². The predicted molar refractivity (Wildman–Crippen MR) is 225 cm³/mol. The van der Waals surface area contributed by atoms with Crippen LogP contribution in [-0.4, -0.2) is 0 Å². The molecule has 0 nitrogen and oxygen atoms in total. The van der Waals surface area contributed by atoms with Crippen LogP contribution >= 0.6 is 0 Å². The van der Waals surface area contributed by atoms with Crippen LogP contribution in [-0.2, 0) is 0 Å². The fraction of sp³-hybridized carbons (Fsp3) is 0.509. The van der Waals surface area contributed by atoms with Gasteiger partial charge in [-0.25, -0.2) is 0 Å². The minimum Gasteiger partial charge on any atom is -0.106 e. The van der Waals surface area contributed by atoms with Crippen molar-refractivity contribution in [1.29, 1.82) is 0 Å². The first-order chi connectivity index (χ1) is 25.7. The molecule has 11 rings (SSSR count). The molecule has 7 aliphatic carbocycles. The summed E-state index contributed by atoms with van der Waals surface area (Å²) in [6.45, 7) is 14.4.